The SMILES string of the molecule is C/C=C(/C(=O)C(=O)N(CCC)CCC)c1c(OC)cnc(OC)c1C. The van der Waals surface area contributed by atoms with E-state index in [0.29, 0.717) is 41.4 Å². The predicted molar refractivity (Wildman–Crippen MR) is 97.9 cm³/mol. The molecule has 0 aliphatic heterocycles. The molecule has 1 aromatic rings. The zero-order valence-electron chi connectivity index (χ0n) is 16.0. The number of hydrogen-bond acceptors (Lipinski definition) is 5. The maximum Gasteiger partial charge on any atom is 0.294 e. The molecule has 0 unspecified atom stereocenters. The fourth-order valence-electron chi connectivity index (χ4n) is 2.77. The van der Waals surface area contributed by atoms with Gasteiger partial charge in [-0.15, -0.1) is 0 Å². The Morgan fingerprint density at radius 2 is 1.76 bits per heavy atom. The molecule has 138 valence electrons. The molecule has 0 radical (unpaired) electrons. The Morgan fingerprint density at radius 3 is 2.20 bits per heavy atom. The average Bonchev–Trinajstić information content (AvgIpc) is 2.62. The van der Waals surface area contributed by atoms with Crippen LogP contribution >= 0.6 is 0 Å². The molecule has 0 fully saturated rings. The molecule has 0 saturated carbocycles. The van der Waals surface area contributed by atoms with Crippen LogP contribution in [0.4, 0.5) is 0 Å². The molecule has 0 saturated heterocycles. The molecule has 0 atom stereocenters. The van der Waals surface area contributed by atoms with Crippen molar-refractivity contribution in [1.82, 2.24) is 9.88 Å². The van der Waals surface area contributed by atoms with Crippen LogP contribution in [0.2, 0.25) is 0 Å². The number of ketones is 1. The molecule has 0 aliphatic carbocycles. The quantitative estimate of drug-likeness (QED) is 0.507. The molecule has 25 heavy (non-hydrogen) atoms. The summed E-state index contributed by atoms with van der Waals surface area (Å²) in [5, 5.41) is 0. The van der Waals surface area contributed by atoms with Crippen molar-refractivity contribution in [3.8, 4) is 11.6 Å². The highest BCUT2D eigenvalue weighted by Gasteiger charge is 2.28. The van der Waals surface area contributed by atoms with Crippen LogP contribution in [0.1, 0.15) is 44.7 Å². The van der Waals surface area contributed by atoms with Gasteiger partial charge in [0.25, 0.3) is 11.7 Å². The Morgan fingerprint density at radius 1 is 1.16 bits per heavy atom. The van der Waals surface area contributed by atoms with Gasteiger partial charge in [0.2, 0.25) is 5.88 Å². The number of Topliss-reactive ketones (excluding diaryl/α,β-unsaturated/α-hetero) is 1. The third kappa shape index (κ3) is 4.59. The first-order chi connectivity index (χ1) is 12.0. The fourth-order valence-corrected chi connectivity index (χ4v) is 2.77. The minimum Gasteiger partial charge on any atom is -0.494 e. The second-order valence-corrected chi connectivity index (χ2v) is 5.66. The van der Waals surface area contributed by atoms with Crippen molar-refractivity contribution in [1.29, 1.82) is 0 Å². The summed E-state index contributed by atoms with van der Waals surface area (Å²) < 4.78 is 10.6. The van der Waals surface area contributed by atoms with Crippen molar-refractivity contribution < 1.29 is 19.1 Å². The highest BCUT2D eigenvalue weighted by Crippen LogP contribution is 2.34. The van der Waals surface area contributed by atoms with E-state index in [-0.39, 0.29) is 0 Å². The topological polar surface area (TPSA) is 68.7 Å². The van der Waals surface area contributed by atoms with Crippen molar-refractivity contribution in [3.63, 3.8) is 0 Å². The van der Waals surface area contributed by atoms with E-state index in [1.165, 1.54) is 20.4 Å². The summed E-state index contributed by atoms with van der Waals surface area (Å²) in [5.41, 5.74) is 1.51. The van der Waals surface area contributed by atoms with Gasteiger partial charge >= 0.3 is 0 Å². The molecule has 6 nitrogen and oxygen atoms in total. The van der Waals surface area contributed by atoms with E-state index in [9.17, 15) is 9.59 Å². The van der Waals surface area contributed by atoms with Gasteiger partial charge in [-0.2, -0.15) is 0 Å². The molecule has 1 heterocycles. The molecular formula is C19H28N2O4. The summed E-state index contributed by atoms with van der Waals surface area (Å²) in [6.07, 6.45) is 4.74. The van der Waals surface area contributed by atoms with E-state index >= 15 is 0 Å². The number of hydrogen-bond donors (Lipinski definition) is 0. The molecular weight excluding hydrogens is 320 g/mol. The zero-order chi connectivity index (χ0) is 19.0. The first kappa shape index (κ1) is 20.7. The van der Waals surface area contributed by atoms with E-state index in [1.807, 2.05) is 13.8 Å². The minimum absolute atomic E-state index is 0.303. The Bertz CT molecular complexity index is 647. The Balaban J connectivity index is 3.35. The molecule has 1 rings (SSSR count). The van der Waals surface area contributed by atoms with Crippen LogP contribution < -0.4 is 9.47 Å². The minimum atomic E-state index is -0.543. The monoisotopic (exact) mass is 348 g/mol. The largest absolute Gasteiger partial charge is 0.494 e. The van der Waals surface area contributed by atoms with E-state index < -0.39 is 11.7 Å². The lowest BCUT2D eigenvalue weighted by Crippen LogP contribution is -2.38. The number of aromatic nitrogens is 1. The third-order valence-corrected chi connectivity index (χ3v) is 3.93. The molecule has 6 heteroatoms. The van der Waals surface area contributed by atoms with E-state index in [2.05, 4.69) is 4.98 Å². The lowest BCUT2D eigenvalue weighted by molar-refractivity contribution is -0.141. The van der Waals surface area contributed by atoms with Crippen molar-refractivity contribution >= 4 is 17.3 Å². The second-order valence-electron chi connectivity index (χ2n) is 5.66. The van der Waals surface area contributed by atoms with Gasteiger partial charge in [-0.1, -0.05) is 19.9 Å². The summed E-state index contributed by atoms with van der Waals surface area (Å²) in [4.78, 5) is 31.4. The highest BCUT2D eigenvalue weighted by molar-refractivity contribution is 6.53. The van der Waals surface area contributed by atoms with Crippen molar-refractivity contribution in [2.24, 2.45) is 0 Å². The number of pyridine rings is 1. The maximum absolute atomic E-state index is 12.9. The summed E-state index contributed by atoms with van der Waals surface area (Å²) in [6.45, 7) is 8.61. The molecule has 0 N–H and O–H groups in total. The number of carbonyl (C=O) groups excluding carboxylic acids is 2. The van der Waals surface area contributed by atoms with E-state index in [4.69, 9.17) is 9.47 Å². The Kier molecular flexibility index (Phi) is 8.11. The summed E-state index contributed by atoms with van der Waals surface area (Å²) in [6, 6.07) is 0. The molecule has 0 aliphatic rings. The number of ether oxygens (including phenoxy) is 2. The van der Waals surface area contributed by atoms with Crippen molar-refractivity contribution in [2.75, 3.05) is 27.3 Å². The van der Waals surface area contributed by atoms with Crippen LogP contribution in [0.5, 0.6) is 11.6 Å². The van der Waals surface area contributed by atoms with Gasteiger partial charge in [-0.3, -0.25) is 9.59 Å². The van der Waals surface area contributed by atoms with Crippen LogP contribution in [-0.2, 0) is 9.59 Å². The average molecular weight is 348 g/mol. The van der Waals surface area contributed by atoms with Gasteiger partial charge < -0.3 is 14.4 Å². The molecule has 0 bridgehead atoms. The molecule has 1 amide bonds. The van der Waals surface area contributed by atoms with E-state index in [0.717, 1.165) is 12.8 Å². The van der Waals surface area contributed by atoms with Crippen LogP contribution in [0.3, 0.4) is 0 Å². The lowest BCUT2D eigenvalue weighted by atomic mass is 9.96. The van der Waals surface area contributed by atoms with Gasteiger partial charge in [0.05, 0.1) is 20.4 Å². The smallest absolute Gasteiger partial charge is 0.294 e. The fraction of sp³-hybridized carbons (Fsp3) is 0.526. The lowest BCUT2D eigenvalue weighted by Gasteiger charge is -2.22. The van der Waals surface area contributed by atoms with Crippen LogP contribution in [0.25, 0.3) is 5.57 Å². The van der Waals surface area contributed by atoms with Gasteiger partial charge in [0.1, 0.15) is 5.75 Å². The first-order valence-corrected chi connectivity index (χ1v) is 8.54. The highest BCUT2D eigenvalue weighted by atomic mass is 16.5. The van der Waals surface area contributed by atoms with Crippen LogP contribution in [-0.4, -0.2) is 48.9 Å². The van der Waals surface area contributed by atoms with E-state index in [1.54, 1.807) is 24.8 Å². The number of amides is 1. The number of allylic oxidation sites excluding steroid dienone is 1. The Labute approximate surface area is 149 Å². The number of nitrogens with zero attached hydrogens (tertiary/aromatic N) is 2. The summed E-state index contributed by atoms with van der Waals surface area (Å²) in [7, 11) is 3.02. The second kappa shape index (κ2) is 9.81. The van der Waals surface area contributed by atoms with Crippen LogP contribution in [0.15, 0.2) is 12.3 Å². The zero-order valence-corrected chi connectivity index (χ0v) is 16.0. The third-order valence-electron chi connectivity index (χ3n) is 3.93. The number of methoxy groups -OCH3 is 2. The van der Waals surface area contributed by atoms with Gasteiger partial charge in [0.15, 0.2) is 0 Å². The molecule has 0 aromatic carbocycles. The predicted octanol–water partition coefficient (Wildman–Crippen LogP) is 3.03. The van der Waals surface area contributed by atoms with Gasteiger partial charge in [-0.05, 0) is 26.7 Å². The van der Waals surface area contributed by atoms with Crippen molar-refractivity contribution in [3.05, 3.63) is 23.4 Å². The summed E-state index contributed by atoms with van der Waals surface area (Å²) in [5.74, 6) is -0.201. The normalized spacial score (nSPS) is 11.2. The van der Waals surface area contributed by atoms with Crippen LogP contribution in [0, 0.1) is 6.92 Å². The molecule has 1 aromatic heterocycles. The maximum atomic E-state index is 12.9. The summed E-state index contributed by atoms with van der Waals surface area (Å²) >= 11 is 0. The number of carbonyl (C=O) groups is 2. The van der Waals surface area contributed by atoms with Gasteiger partial charge in [0, 0.05) is 29.8 Å². The number of rotatable bonds is 9. The standard InChI is InChI=1S/C19H28N2O4/c1-7-10-21(11-8-2)19(23)17(22)14(9-3)16-13(4)18(25-6)20-12-15(16)24-5/h9,12H,7-8,10-11H2,1-6H3/b14-9+. The molecule has 0 spiro atoms. The van der Waals surface area contributed by atoms with Gasteiger partial charge in [-0.25, -0.2) is 4.98 Å². The first-order valence-electron chi connectivity index (χ1n) is 8.54. The Hall–Kier alpha value is -2.37. The van der Waals surface area contributed by atoms with Crippen molar-refractivity contribution in [2.45, 2.75) is 40.5 Å².